The molecule has 10 heteroatoms. The van der Waals surface area contributed by atoms with E-state index in [4.69, 9.17) is 33.1 Å². The van der Waals surface area contributed by atoms with Gasteiger partial charge >= 0.3 is 12.1 Å². The van der Waals surface area contributed by atoms with E-state index in [0.717, 1.165) is 19.5 Å². The Labute approximate surface area is 152 Å². The maximum Gasteiger partial charge on any atom is 0.490 e. The van der Waals surface area contributed by atoms with Crippen molar-refractivity contribution in [2.45, 2.75) is 25.6 Å². The van der Waals surface area contributed by atoms with Crippen molar-refractivity contribution in [2.75, 3.05) is 13.1 Å². The SMILES string of the molecule is CC1CCNCC1NC(=O)c1ccc(Cl)c(Cl)c1.O=C(O)C(F)(F)F. The van der Waals surface area contributed by atoms with Crippen LogP contribution in [0, 0.1) is 5.92 Å². The molecule has 0 radical (unpaired) electrons. The molecule has 0 bridgehead atoms. The zero-order chi connectivity index (χ0) is 19.2. The lowest BCUT2D eigenvalue weighted by Gasteiger charge is -2.30. The third-order valence-corrected chi connectivity index (χ3v) is 4.31. The summed E-state index contributed by atoms with van der Waals surface area (Å²) in [5.74, 6) is -2.38. The summed E-state index contributed by atoms with van der Waals surface area (Å²) in [7, 11) is 0. The summed E-state index contributed by atoms with van der Waals surface area (Å²) in [6, 6.07) is 5.09. The van der Waals surface area contributed by atoms with Crippen LogP contribution >= 0.6 is 23.2 Å². The minimum absolute atomic E-state index is 0.103. The fourth-order valence-electron chi connectivity index (χ4n) is 2.07. The molecular weight excluding hydrogens is 384 g/mol. The van der Waals surface area contributed by atoms with Gasteiger partial charge in [0, 0.05) is 18.2 Å². The molecule has 1 aliphatic heterocycles. The molecule has 25 heavy (non-hydrogen) atoms. The van der Waals surface area contributed by atoms with E-state index in [1.165, 1.54) is 0 Å². The van der Waals surface area contributed by atoms with Crippen LogP contribution in [-0.4, -0.2) is 42.3 Å². The van der Waals surface area contributed by atoms with E-state index >= 15 is 0 Å². The molecule has 0 aromatic heterocycles. The van der Waals surface area contributed by atoms with Crippen LogP contribution in [0.2, 0.25) is 10.0 Å². The highest BCUT2D eigenvalue weighted by atomic mass is 35.5. The summed E-state index contributed by atoms with van der Waals surface area (Å²) in [5, 5.41) is 14.3. The van der Waals surface area contributed by atoms with Gasteiger partial charge in [-0.15, -0.1) is 0 Å². The smallest absolute Gasteiger partial charge is 0.475 e. The fraction of sp³-hybridized carbons (Fsp3) is 0.467. The number of hydrogen-bond donors (Lipinski definition) is 3. The molecule has 2 rings (SSSR count). The van der Waals surface area contributed by atoms with E-state index in [1.54, 1.807) is 18.2 Å². The molecule has 1 aromatic rings. The molecule has 0 aliphatic carbocycles. The number of halogens is 5. The molecule has 1 aromatic carbocycles. The van der Waals surface area contributed by atoms with E-state index in [9.17, 15) is 18.0 Å². The molecule has 1 amide bonds. The maximum atomic E-state index is 12.1. The fourth-order valence-corrected chi connectivity index (χ4v) is 2.37. The first-order chi connectivity index (χ1) is 11.5. The number of alkyl halides is 3. The molecule has 1 aliphatic rings. The van der Waals surface area contributed by atoms with E-state index < -0.39 is 12.1 Å². The van der Waals surface area contributed by atoms with Crippen molar-refractivity contribution in [2.24, 2.45) is 5.92 Å². The molecule has 0 saturated carbocycles. The molecule has 5 nitrogen and oxygen atoms in total. The third kappa shape index (κ3) is 7.09. The molecule has 2 atom stereocenters. The molecular formula is C15H17Cl2F3N2O3. The summed E-state index contributed by atoms with van der Waals surface area (Å²) in [5.41, 5.74) is 0.544. The van der Waals surface area contributed by atoms with Gasteiger partial charge in [-0.3, -0.25) is 4.79 Å². The molecule has 1 saturated heterocycles. The Hall–Kier alpha value is -1.51. The number of benzene rings is 1. The van der Waals surface area contributed by atoms with Gasteiger partial charge in [-0.25, -0.2) is 4.79 Å². The van der Waals surface area contributed by atoms with Crippen molar-refractivity contribution in [3.8, 4) is 0 Å². The summed E-state index contributed by atoms with van der Waals surface area (Å²) in [6.07, 6.45) is -4.01. The molecule has 1 fully saturated rings. The van der Waals surface area contributed by atoms with E-state index in [1.807, 2.05) is 0 Å². The number of rotatable bonds is 2. The number of carbonyl (C=O) groups excluding carboxylic acids is 1. The first kappa shape index (κ1) is 21.5. The van der Waals surface area contributed by atoms with Crippen LogP contribution in [0.3, 0.4) is 0 Å². The number of hydrogen-bond acceptors (Lipinski definition) is 3. The van der Waals surface area contributed by atoms with Crippen molar-refractivity contribution < 1.29 is 27.9 Å². The van der Waals surface area contributed by atoms with E-state index in [-0.39, 0.29) is 11.9 Å². The Balaban J connectivity index is 0.000000381. The first-order valence-corrected chi connectivity index (χ1v) is 8.04. The minimum Gasteiger partial charge on any atom is -0.475 e. The van der Waals surface area contributed by atoms with Gasteiger partial charge in [0.2, 0.25) is 0 Å². The van der Waals surface area contributed by atoms with Gasteiger partial charge in [-0.05, 0) is 37.1 Å². The van der Waals surface area contributed by atoms with Gasteiger partial charge in [0.05, 0.1) is 10.0 Å². The van der Waals surface area contributed by atoms with Crippen LogP contribution < -0.4 is 10.6 Å². The number of nitrogens with one attached hydrogen (secondary N) is 2. The second kappa shape index (κ2) is 9.26. The average Bonchev–Trinajstić information content (AvgIpc) is 2.52. The van der Waals surface area contributed by atoms with Gasteiger partial charge in [0.1, 0.15) is 0 Å². The lowest BCUT2D eigenvalue weighted by atomic mass is 9.94. The highest BCUT2D eigenvalue weighted by Crippen LogP contribution is 2.23. The molecule has 0 spiro atoms. The quantitative estimate of drug-likeness (QED) is 0.711. The standard InChI is InChI=1S/C13H16Cl2N2O.C2HF3O2/c1-8-4-5-16-7-12(8)17-13(18)9-2-3-10(14)11(15)6-9;3-2(4,5)1(6)7/h2-3,6,8,12,16H,4-5,7H2,1H3,(H,17,18);(H,6,7). The summed E-state index contributed by atoms with van der Waals surface area (Å²) in [6.45, 7) is 3.98. The average molecular weight is 401 g/mol. The third-order valence-electron chi connectivity index (χ3n) is 3.57. The van der Waals surface area contributed by atoms with Crippen LogP contribution in [-0.2, 0) is 4.79 Å². The minimum atomic E-state index is -5.08. The Kier molecular flexibility index (Phi) is 7.98. The van der Waals surface area contributed by atoms with Gasteiger partial charge in [-0.2, -0.15) is 13.2 Å². The number of piperidine rings is 1. The first-order valence-electron chi connectivity index (χ1n) is 7.29. The Morgan fingerprint density at radius 3 is 2.36 bits per heavy atom. The zero-order valence-electron chi connectivity index (χ0n) is 13.2. The van der Waals surface area contributed by atoms with Crippen LogP contribution in [0.5, 0.6) is 0 Å². The van der Waals surface area contributed by atoms with Crippen LogP contribution in [0.4, 0.5) is 13.2 Å². The second-order valence-electron chi connectivity index (χ2n) is 5.48. The van der Waals surface area contributed by atoms with Crippen LogP contribution in [0.1, 0.15) is 23.7 Å². The molecule has 140 valence electrons. The molecule has 2 unspecified atom stereocenters. The number of carbonyl (C=O) groups is 2. The van der Waals surface area contributed by atoms with Gasteiger partial charge in [0.15, 0.2) is 0 Å². The predicted octanol–water partition coefficient (Wildman–Crippen LogP) is 3.35. The Bertz CT molecular complexity index is 627. The largest absolute Gasteiger partial charge is 0.490 e. The van der Waals surface area contributed by atoms with E-state index in [2.05, 4.69) is 17.6 Å². The molecule has 1 heterocycles. The second-order valence-corrected chi connectivity index (χ2v) is 6.30. The number of carboxylic acid groups (broad SMARTS) is 1. The highest BCUT2D eigenvalue weighted by molar-refractivity contribution is 6.42. The predicted molar refractivity (Wildman–Crippen MR) is 88.1 cm³/mol. The van der Waals surface area contributed by atoms with Crippen molar-refractivity contribution in [3.63, 3.8) is 0 Å². The van der Waals surface area contributed by atoms with E-state index in [0.29, 0.717) is 21.5 Å². The normalized spacial score (nSPS) is 20.2. The topological polar surface area (TPSA) is 78.4 Å². The Morgan fingerprint density at radius 2 is 1.88 bits per heavy atom. The lowest BCUT2D eigenvalue weighted by molar-refractivity contribution is -0.192. The number of carboxylic acids is 1. The van der Waals surface area contributed by atoms with Crippen molar-refractivity contribution in [1.29, 1.82) is 0 Å². The van der Waals surface area contributed by atoms with Gasteiger partial charge in [0.25, 0.3) is 5.91 Å². The molecule has 3 N–H and O–H groups in total. The van der Waals surface area contributed by atoms with Crippen molar-refractivity contribution in [3.05, 3.63) is 33.8 Å². The van der Waals surface area contributed by atoms with Crippen LogP contribution in [0.15, 0.2) is 18.2 Å². The van der Waals surface area contributed by atoms with Crippen molar-refractivity contribution in [1.82, 2.24) is 10.6 Å². The monoisotopic (exact) mass is 400 g/mol. The van der Waals surface area contributed by atoms with Gasteiger partial charge in [-0.1, -0.05) is 30.1 Å². The number of aliphatic carboxylic acids is 1. The number of amides is 1. The van der Waals surface area contributed by atoms with Gasteiger partial charge < -0.3 is 15.7 Å². The summed E-state index contributed by atoms with van der Waals surface area (Å²) < 4.78 is 31.7. The summed E-state index contributed by atoms with van der Waals surface area (Å²) in [4.78, 5) is 21.0. The highest BCUT2D eigenvalue weighted by Gasteiger charge is 2.38. The summed E-state index contributed by atoms with van der Waals surface area (Å²) >= 11 is 11.7. The lowest BCUT2D eigenvalue weighted by Crippen LogP contribution is -2.50. The zero-order valence-corrected chi connectivity index (χ0v) is 14.7. The maximum absolute atomic E-state index is 12.1. The Morgan fingerprint density at radius 1 is 1.28 bits per heavy atom. The van der Waals surface area contributed by atoms with Crippen molar-refractivity contribution >= 4 is 35.1 Å². The van der Waals surface area contributed by atoms with Crippen LogP contribution in [0.25, 0.3) is 0 Å².